The van der Waals surface area contributed by atoms with Crippen LogP contribution in [0.3, 0.4) is 0 Å². The molecule has 0 fully saturated rings. The van der Waals surface area contributed by atoms with Crippen molar-refractivity contribution in [2.24, 2.45) is 5.92 Å². The molecule has 0 aliphatic carbocycles. The van der Waals surface area contributed by atoms with Crippen LogP contribution in [-0.2, 0) is 0 Å². The Balaban J connectivity index is 2.09. The van der Waals surface area contributed by atoms with Crippen molar-refractivity contribution in [3.8, 4) is 12.0 Å². The number of nitriles is 1. The minimum absolute atomic E-state index is 0.109. The van der Waals surface area contributed by atoms with Crippen molar-refractivity contribution in [3.05, 3.63) is 74.1 Å². The monoisotopic (exact) mass is 412 g/mol. The van der Waals surface area contributed by atoms with Gasteiger partial charge >= 0.3 is 0 Å². The van der Waals surface area contributed by atoms with Crippen molar-refractivity contribution in [3.63, 3.8) is 0 Å². The highest BCUT2D eigenvalue weighted by Crippen LogP contribution is 2.43. The van der Waals surface area contributed by atoms with E-state index in [1.54, 1.807) is 24.3 Å². The van der Waals surface area contributed by atoms with Crippen LogP contribution in [0.4, 0.5) is 4.39 Å². The summed E-state index contributed by atoms with van der Waals surface area (Å²) in [6.07, 6.45) is 0. The first-order valence-electron chi connectivity index (χ1n) is 7.68. The van der Waals surface area contributed by atoms with Gasteiger partial charge in [0.25, 0.3) is 5.95 Å². The molecule has 0 saturated heterocycles. The number of fused-ring (bicyclic) bond motifs is 2. The number of nitrogens with zero attached hydrogens (tertiary/aromatic N) is 1. The van der Waals surface area contributed by atoms with E-state index < -0.39 is 17.7 Å². The summed E-state index contributed by atoms with van der Waals surface area (Å²) < 4.78 is 25.4. The molecular weight excluding hydrogens is 403 g/mol. The van der Waals surface area contributed by atoms with Gasteiger partial charge in [-0.2, -0.15) is 5.26 Å². The number of rotatable bonds is 1. The third kappa shape index (κ3) is 2.42. The summed E-state index contributed by atoms with van der Waals surface area (Å²) in [5.74, 6) is -2.96. The molecule has 1 aliphatic heterocycles. The zero-order valence-electron chi connectivity index (χ0n) is 13.1. The van der Waals surface area contributed by atoms with Gasteiger partial charge in [0.2, 0.25) is 11.3 Å². The van der Waals surface area contributed by atoms with Gasteiger partial charge in [0.15, 0.2) is 0 Å². The molecule has 3 aromatic rings. The van der Waals surface area contributed by atoms with Crippen LogP contribution in [0.1, 0.15) is 17.0 Å². The third-order valence-corrected chi connectivity index (χ3v) is 5.08. The third-order valence-electron chi connectivity index (χ3n) is 4.36. The van der Waals surface area contributed by atoms with Crippen LogP contribution in [-0.4, -0.2) is 5.90 Å². The van der Waals surface area contributed by atoms with Crippen molar-refractivity contribution in [2.75, 3.05) is 0 Å². The van der Waals surface area contributed by atoms with E-state index in [0.29, 0.717) is 21.0 Å². The molecule has 5 nitrogen and oxygen atoms in total. The first kappa shape index (κ1) is 16.5. The van der Waals surface area contributed by atoms with Gasteiger partial charge in [-0.05, 0) is 35.9 Å². The van der Waals surface area contributed by atoms with Gasteiger partial charge < -0.3 is 9.15 Å². The van der Waals surface area contributed by atoms with E-state index in [2.05, 4.69) is 15.9 Å². The van der Waals surface area contributed by atoms with Gasteiger partial charge in [0, 0.05) is 10.4 Å². The van der Waals surface area contributed by atoms with Crippen LogP contribution in [0.2, 0.25) is 0 Å². The zero-order chi connectivity index (χ0) is 18.4. The highest BCUT2D eigenvalue weighted by Gasteiger charge is 2.41. The van der Waals surface area contributed by atoms with Crippen LogP contribution in [0.5, 0.6) is 5.95 Å². The molecule has 4 rings (SSSR count). The predicted molar refractivity (Wildman–Crippen MR) is 95.9 cm³/mol. The summed E-state index contributed by atoms with van der Waals surface area (Å²) in [5, 5.41) is 17.9. The molecule has 0 saturated carbocycles. The second kappa shape index (κ2) is 6.07. The Morgan fingerprint density at radius 1 is 1.23 bits per heavy atom. The second-order valence-electron chi connectivity index (χ2n) is 5.85. The molecule has 128 valence electrons. The van der Waals surface area contributed by atoms with E-state index in [4.69, 9.17) is 14.6 Å². The Labute approximate surface area is 155 Å². The Bertz CT molecular complexity index is 1170. The molecule has 1 aliphatic rings. The maximum Gasteiger partial charge on any atom is 0.299 e. The lowest BCUT2D eigenvalue weighted by Crippen LogP contribution is -2.34. The number of halogens is 2. The Morgan fingerprint density at radius 3 is 2.77 bits per heavy atom. The molecule has 2 atom stereocenters. The van der Waals surface area contributed by atoms with Crippen molar-refractivity contribution >= 4 is 32.8 Å². The average Bonchev–Trinajstić information content (AvgIpc) is 2.63. The normalized spacial score (nSPS) is 18.9. The molecule has 0 amide bonds. The van der Waals surface area contributed by atoms with Crippen molar-refractivity contribution in [1.29, 1.82) is 10.7 Å². The smallest absolute Gasteiger partial charge is 0.299 e. The fourth-order valence-electron chi connectivity index (χ4n) is 3.18. The Kier molecular flexibility index (Phi) is 3.85. The Morgan fingerprint density at radius 2 is 2.00 bits per heavy atom. The molecular formula is C19H10BrFN2O3. The molecule has 26 heavy (non-hydrogen) atoms. The fourth-order valence-corrected chi connectivity index (χ4v) is 3.68. The van der Waals surface area contributed by atoms with Crippen LogP contribution < -0.4 is 10.2 Å². The van der Waals surface area contributed by atoms with E-state index in [0.717, 1.165) is 0 Å². The minimum Gasteiger partial charge on any atom is -0.425 e. The van der Waals surface area contributed by atoms with Gasteiger partial charge in [-0.25, -0.2) is 4.39 Å². The van der Waals surface area contributed by atoms with Gasteiger partial charge in [0.1, 0.15) is 17.3 Å². The molecule has 0 radical (unpaired) electrons. The standard InChI is InChI=1S/C19H10BrFN2O3/c20-13-6-5-9(21)7-11(13)15-12(8-22)18(23)26-19-16(15)17(24)10-3-1-2-4-14(10)25-19/h1-7,12,15,23H. The maximum atomic E-state index is 13.9. The molecule has 0 bridgehead atoms. The Hall–Kier alpha value is -2.98. The summed E-state index contributed by atoms with van der Waals surface area (Å²) >= 11 is 3.35. The van der Waals surface area contributed by atoms with E-state index in [1.165, 1.54) is 18.2 Å². The number of ether oxygens (including phenoxy) is 1. The lowest BCUT2D eigenvalue weighted by atomic mass is 9.79. The molecule has 7 heteroatoms. The lowest BCUT2D eigenvalue weighted by molar-refractivity contribution is 0.338. The number of hydrogen-bond donors (Lipinski definition) is 1. The van der Waals surface area contributed by atoms with Gasteiger partial charge in [-0.3, -0.25) is 10.2 Å². The molecule has 0 spiro atoms. The first-order valence-corrected chi connectivity index (χ1v) is 8.47. The van der Waals surface area contributed by atoms with E-state index >= 15 is 0 Å². The highest BCUT2D eigenvalue weighted by atomic mass is 79.9. The van der Waals surface area contributed by atoms with Gasteiger partial charge in [-0.15, -0.1) is 0 Å². The summed E-state index contributed by atoms with van der Waals surface area (Å²) in [6.45, 7) is 0. The lowest BCUT2D eigenvalue weighted by Gasteiger charge is -2.29. The predicted octanol–water partition coefficient (Wildman–Crippen LogP) is 4.34. The minimum atomic E-state index is -1.08. The van der Waals surface area contributed by atoms with Crippen LogP contribution >= 0.6 is 15.9 Å². The van der Waals surface area contributed by atoms with Crippen molar-refractivity contribution in [2.45, 2.75) is 5.92 Å². The van der Waals surface area contributed by atoms with Crippen LogP contribution in [0.15, 0.2) is 56.1 Å². The maximum absolute atomic E-state index is 13.9. The number of para-hydroxylation sites is 1. The molecule has 2 heterocycles. The molecule has 2 unspecified atom stereocenters. The SMILES string of the molecule is N#CC1C(=N)Oc2oc3ccccc3c(=O)c2C1c1cc(F)ccc1Br. The topological polar surface area (TPSA) is 87.1 Å². The number of nitrogens with one attached hydrogen (secondary N) is 1. The largest absolute Gasteiger partial charge is 0.425 e. The van der Waals surface area contributed by atoms with Gasteiger partial charge in [-0.1, -0.05) is 28.1 Å². The summed E-state index contributed by atoms with van der Waals surface area (Å²) in [5.41, 5.74) is 0.443. The average molecular weight is 413 g/mol. The highest BCUT2D eigenvalue weighted by molar-refractivity contribution is 9.10. The first-order chi connectivity index (χ1) is 12.5. The molecule has 2 aromatic carbocycles. The number of benzene rings is 2. The summed E-state index contributed by atoms with van der Waals surface area (Å²) in [7, 11) is 0. The van der Waals surface area contributed by atoms with Crippen molar-refractivity contribution in [1.82, 2.24) is 0 Å². The van der Waals surface area contributed by atoms with Crippen LogP contribution in [0, 0.1) is 28.5 Å². The van der Waals surface area contributed by atoms with Gasteiger partial charge in [0.05, 0.1) is 17.0 Å². The van der Waals surface area contributed by atoms with Crippen LogP contribution in [0.25, 0.3) is 11.0 Å². The zero-order valence-corrected chi connectivity index (χ0v) is 14.7. The molecule has 1 N–H and O–H groups in total. The quantitative estimate of drug-likeness (QED) is 0.643. The van der Waals surface area contributed by atoms with Crippen molar-refractivity contribution < 1.29 is 13.5 Å². The van der Waals surface area contributed by atoms with E-state index in [9.17, 15) is 14.4 Å². The summed E-state index contributed by atoms with van der Waals surface area (Å²) in [6, 6.07) is 12.6. The van der Waals surface area contributed by atoms with E-state index in [1.807, 2.05) is 6.07 Å². The summed E-state index contributed by atoms with van der Waals surface area (Å²) in [4.78, 5) is 13.1. The second-order valence-corrected chi connectivity index (χ2v) is 6.70. The fraction of sp³-hybridized carbons (Fsp3) is 0.105. The number of hydrogen-bond acceptors (Lipinski definition) is 5. The molecule has 1 aromatic heterocycles. The van der Waals surface area contributed by atoms with E-state index in [-0.39, 0.29) is 22.8 Å².